The lowest BCUT2D eigenvalue weighted by atomic mass is 10.2. The van der Waals surface area contributed by atoms with Gasteiger partial charge < -0.3 is 9.05 Å². The molecule has 0 saturated carbocycles. The maximum Gasteiger partial charge on any atom is 0.368 e. The Labute approximate surface area is 108 Å². The molecule has 0 aliphatic carbocycles. The molecular formula is C12H18FO4P. The Kier molecular flexibility index (Phi) is 10.7. The number of carbonyl (C=O) groups excluding carboxylic acids is 1. The van der Waals surface area contributed by atoms with E-state index in [9.17, 15) is 9.32 Å². The summed E-state index contributed by atoms with van der Waals surface area (Å²) < 4.78 is 24.0. The van der Waals surface area contributed by atoms with Gasteiger partial charge in [-0.3, -0.25) is 4.79 Å². The van der Waals surface area contributed by atoms with Crippen LogP contribution in [0.5, 0.6) is 0 Å². The number of hydrogen-bond acceptors (Lipinski definition) is 4. The van der Waals surface area contributed by atoms with E-state index in [4.69, 9.17) is 0 Å². The Morgan fingerprint density at radius 3 is 1.94 bits per heavy atom. The van der Waals surface area contributed by atoms with E-state index in [0.29, 0.717) is 13.2 Å². The van der Waals surface area contributed by atoms with Crippen LogP contribution < -0.4 is 0 Å². The predicted octanol–water partition coefficient (Wildman–Crippen LogP) is 4.08. The van der Waals surface area contributed by atoms with Gasteiger partial charge in [0.1, 0.15) is 0 Å². The number of rotatable bonds is 6. The fraction of sp³-hybridized carbons (Fsp3) is 0.417. The first-order chi connectivity index (χ1) is 8.65. The van der Waals surface area contributed by atoms with E-state index in [0.717, 1.165) is 5.56 Å². The first-order valence-electron chi connectivity index (χ1n) is 5.56. The molecule has 0 radical (unpaired) electrons. The van der Waals surface area contributed by atoms with Crippen molar-refractivity contribution >= 4 is 14.4 Å². The Balaban J connectivity index is 0.000000321. The SMILES string of the molecule is CC(=O)c1ccccc1.CCOP(OF)OCC. The number of benzene rings is 1. The second kappa shape index (κ2) is 11.2. The van der Waals surface area contributed by atoms with Crippen LogP contribution in [0.2, 0.25) is 0 Å². The fourth-order valence-corrected chi connectivity index (χ4v) is 1.54. The highest BCUT2D eigenvalue weighted by Gasteiger charge is 2.09. The molecule has 1 rings (SSSR count). The summed E-state index contributed by atoms with van der Waals surface area (Å²) in [6, 6.07) is 9.23. The van der Waals surface area contributed by atoms with Gasteiger partial charge in [0.2, 0.25) is 0 Å². The number of halogens is 1. The number of Topliss-reactive ketones (excluding diaryl/α,β-unsaturated/α-hetero) is 1. The highest BCUT2D eigenvalue weighted by molar-refractivity contribution is 7.41. The van der Waals surface area contributed by atoms with E-state index in [1.54, 1.807) is 20.8 Å². The second-order valence-corrected chi connectivity index (χ2v) is 4.15. The van der Waals surface area contributed by atoms with Crippen molar-refractivity contribution in [2.45, 2.75) is 20.8 Å². The van der Waals surface area contributed by atoms with E-state index in [1.807, 2.05) is 30.3 Å². The van der Waals surface area contributed by atoms with Gasteiger partial charge in [0, 0.05) is 5.56 Å². The minimum atomic E-state index is -1.73. The highest BCUT2D eigenvalue weighted by atomic mass is 31.2. The first kappa shape index (κ1) is 17.1. The van der Waals surface area contributed by atoms with E-state index < -0.39 is 8.60 Å². The normalized spacial score (nSPS) is 9.83. The molecule has 1 aromatic rings. The molecule has 0 saturated heterocycles. The van der Waals surface area contributed by atoms with Gasteiger partial charge in [-0.1, -0.05) is 30.3 Å². The summed E-state index contributed by atoms with van der Waals surface area (Å²) in [4.78, 5) is 10.6. The second-order valence-electron chi connectivity index (χ2n) is 3.05. The number of carbonyl (C=O) groups is 1. The standard InChI is InChI=1S/C8H8O.C4H10FO3P/c1-7(9)8-5-3-2-4-6-8;1-3-6-9(8-5)7-4-2/h2-6H,1H3;3-4H2,1-2H3. The third-order valence-corrected chi connectivity index (χ3v) is 2.76. The van der Waals surface area contributed by atoms with Gasteiger partial charge in [0.05, 0.1) is 13.2 Å². The molecule has 1 aromatic carbocycles. The minimum Gasteiger partial charge on any atom is -0.311 e. The zero-order valence-corrected chi connectivity index (χ0v) is 11.7. The zero-order valence-electron chi connectivity index (χ0n) is 10.8. The van der Waals surface area contributed by atoms with Crippen LogP contribution in [0, 0.1) is 0 Å². The fourth-order valence-electron chi connectivity index (χ4n) is 0.961. The van der Waals surface area contributed by atoms with Gasteiger partial charge in [0.15, 0.2) is 5.78 Å². The Morgan fingerprint density at radius 1 is 1.17 bits per heavy atom. The molecule has 0 aliphatic heterocycles. The lowest BCUT2D eigenvalue weighted by molar-refractivity contribution is -0.0338. The molecule has 18 heavy (non-hydrogen) atoms. The molecule has 0 aromatic heterocycles. The third-order valence-electron chi connectivity index (χ3n) is 1.71. The van der Waals surface area contributed by atoms with E-state index in [-0.39, 0.29) is 5.78 Å². The van der Waals surface area contributed by atoms with Crippen molar-refractivity contribution in [3.63, 3.8) is 0 Å². The van der Waals surface area contributed by atoms with Crippen LogP contribution in [0.15, 0.2) is 30.3 Å². The van der Waals surface area contributed by atoms with Crippen LogP contribution in [0.25, 0.3) is 0 Å². The molecule has 0 aliphatic rings. The van der Waals surface area contributed by atoms with Crippen molar-refractivity contribution in [1.29, 1.82) is 0 Å². The maximum atomic E-state index is 11.3. The van der Waals surface area contributed by atoms with Crippen molar-refractivity contribution < 1.29 is 23.1 Å². The summed E-state index contributed by atoms with van der Waals surface area (Å²) in [5, 5.41) is 0. The summed E-state index contributed by atoms with van der Waals surface area (Å²) in [6.45, 7) is 5.85. The van der Waals surface area contributed by atoms with Gasteiger partial charge >= 0.3 is 8.60 Å². The van der Waals surface area contributed by atoms with Gasteiger partial charge in [0.25, 0.3) is 0 Å². The van der Waals surface area contributed by atoms with Crippen LogP contribution in [0.1, 0.15) is 31.1 Å². The van der Waals surface area contributed by atoms with Crippen LogP contribution in [0.3, 0.4) is 0 Å². The number of hydrogen-bond donors (Lipinski definition) is 0. The molecule has 0 N–H and O–H groups in total. The molecule has 0 atom stereocenters. The van der Waals surface area contributed by atoms with E-state index in [1.165, 1.54) is 0 Å². The van der Waals surface area contributed by atoms with Crippen molar-refractivity contribution in [1.82, 2.24) is 0 Å². The molecule has 0 spiro atoms. The van der Waals surface area contributed by atoms with Crippen LogP contribution in [-0.2, 0) is 13.8 Å². The monoisotopic (exact) mass is 276 g/mol. The van der Waals surface area contributed by atoms with Crippen molar-refractivity contribution in [2.75, 3.05) is 13.2 Å². The summed E-state index contributed by atoms with van der Waals surface area (Å²) in [6.07, 6.45) is 0. The molecule has 0 amide bonds. The van der Waals surface area contributed by atoms with E-state index in [2.05, 4.69) is 13.8 Å². The summed E-state index contributed by atoms with van der Waals surface area (Å²) >= 11 is 0. The minimum absolute atomic E-state index is 0.121. The molecule has 6 heteroatoms. The van der Waals surface area contributed by atoms with Crippen LogP contribution >= 0.6 is 8.60 Å². The van der Waals surface area contributed by atoms with Gasteiger partial charge in [-0.25, -0.2) is 0 Å². The highest BCUT2D eigenvalue weighted by Crippen LogP contribution is 2.39. The molecule has 4 nitrogen and oxygen atoms in total. The molecule has 0 unspecified atom stereocenters. The summed E-state index contributed by atoms with van der Waals surface area (Å²) in [7, 11) is -1.73. The first-order valence-corrected chi connectivity index (χ1v) is 6.65. The molecule has 0 heterocycles. The van der Waals surface area contributed by atoms with Crippen molar-refractivity contribution in [2.24, 2.45) is 0 Å². The number of ketones is 1. The van der Waals surface area contributed by atoms with Crippen LogP contribution in [-0.4, -0.2) is 19.0 Å². The van der Waals surface area contributed by atoms with Crippen molar-refractivity contribution in [3.8, 4) is 0 Å². The topological polar surface area (TPSA) is 44.8 Å². The molecule has 0 fully saturated rings. The van der Waals surface area contributed by atoms with Gasteiger partial charge in [-0.05, 0) is 25.3 Å². The predicted molar refractivity (Wildman–Crippen MR) is 68.8 cm³/mol. The average molecular weight is 276 g/mol. The Hall–Kier alpha value is -0.870. The summed E-state index contributed by atoms with van der Waals surface area (Å²) in [5.41, 5.74) is 0.775. The lowest BCUT2D eigenvalue weighted by Crippen LogP contribution is -1.89. The van der Waals surface area contributed by atoms with Crippen LogP contribution in [0.4, 0.5) is 4.53 Å². The smallest absolute Gasteiger partial charge is 0.311 e. The molecule has 0 bridgehead atoms. The largest absolute Gasteiger partial charge is 0.368 e. The Morgan fingerprint density at radius 2 is 1.67 bits per heavy atom. The lowest BCUT2D eigenvalue weighted by Gasteiger charge is -2.07. The van der Waals surface area contributed by atoms with E-state index >= 15 is 0 Å². The van der Waals surface area contributed by atoms with Gasteiger partial charge in [-0.15, -0.1) is 4.73 Å². The maximum absolute atomic E-state index is 11.3. The third kappa shape index (κ3) is 8.25. The zero-order chi connectivity index (χ0) is 13.8. The molecular weight excluding hydrogens is 258 g/mol. The summed E-state index contributed by atoms with van der Waals surface area (Å²) in [5.74, 6) is 0.121. The molecule has 102 valence electrons. The van der Waals surface area contributed by atoms with Gasteiger partial charge in [-0.2, -0.15) is 0 Å². The average Bonchev–Trinajstić information content (AvgIpc) is 2.40. The van der Waals surface area contributed by atoms with Crippen molar-refractivity contribution in [3.05, 3.63) is 35.9 Å². The Bertz CT molecular complexity index is 315. The quantitative estimate of drug-likeness (QED) is 0.580.